The summed E-state index contributed by atoms with van der Waals surface area (Å²) in [4.78, 5) is 46.5. The molecule has 222 valence electrons. The third-order valence-electron chi connectivity index (χ3n) is 5.87. The number of ketones is 3. The zero-order valence-electron chi connectivity index (χ0n) is 23.6. The highest BCUT2D eigenvalue weighted by Crippen LogP contribution is 2.11. The summed E-state index contributed by atoms with van der Waals surface area (Å²) < 4.78 is 27.4. The number of carbonyl (C=O) groups is 4. The smallest absolute Gasteiger partial charge is 0.220 e. The molecule has 0 spiro atoms. The van der Waals surface area contributed by atoms with Crippen molar-refractivity contribution in [2.75, 3.05) is 66.0 Å². The van der Waals surface area contributed by atoms with E-state index in [1.54, 1.807) is 6.92 Å². The minimum absolute atomic E-state index is 0.0164. The Morgan fingerprint density at radius 1 is 0.718 bits per heavy atom. The molecule has 1 amide bonds. The predicted octanol–water partition coefficient (Wildman–Crippen LogP) is 2.59. The van der Waals surface area contributed by atoms with Gasteiger partial charge >= 0.3 is 0 Å². The molecule has 1 unspecified atom stereocenters. The zero-order chi connectivity index (χ0) is 28.4. The fourth-order valence-electron chi connectivity index (χ4n) is 3.48. The van der Waals surface area contributed by atoms with Crippen molar-refractivity contribution in [3.63, 3.8) is 0 Å². The third-order valence-corrected chi connectivity index (χ3v) is 5.87. The number of rotatable bonds is 25. The lowest BCUT2D eigenvalue weighted by Gasteiger charge is -2.13. The van der Waals surface area contributed by atoms with Gasteiger partial charge in [-0.15, -0.1) is 5.92 Å². The van der Waals surface area contributed by atoms with Gasteiger partial charge in [0.15, 0.2) is 11.6 Å². The van der Waals surface area contributed by atoms with Crippen molar-refractivity contribution >= 4 is 23.3 Å². The summed E-state index contributed by atoms with van der Waals surface area (Å²) in [5.41, 5.74) is 0. The summed E-state index contributed by atoms with van der Waals surface area (Å²) in [6, 6.07) is 0. The third kappa shape index (κ3) is 22.4. The second-order valence-corrected chi connectivity index (χ2v) is 9.27. The van der Waals surface area contributed by atoms with Gasteiger partial charge in [0.2, 0.25) is 5.91 Å². The largest absolute Gasteiger partial charge is 0.379 e. The quantitative estimate of drug-likeness (QED) is 0.134. The van der Waals surface area contributed by atoms with Crippen LogP contribution < -0.4 is 5.32 Å². The van der Waals surface area contributed by atoms with Crippen LogP contribution in [0.1, 0.15) is 77.6 Å². The molecule has 0 radical (unpaired) electrons. The van der Waals surface area contributed by atoms with Crippen LogP contribution in [0.15, 0.2) is 0 Å². The van der Waals surface area contributed by atoms with Gasteiger partial charge in [0.05, 0.1) is 52.8 Å². The summed E-state index contributed by atoms with van der Waals surface area (Å²) >= 11 is 0. The highest BCUT2D eigenvalue weighted by atomic mass is 16.6. The maximum Gasteiger partial charge on any atom is 0.220 e. The standard InChI is InChI=1S/C29H47NO9/c1-2-25(31)23-30-29(34)13-12-26(32)14-16-36-18-20-38-22-21-37-19-17-35-15-8-9-27(33)24-39-28-10-6-4-3-5-7-11-28/h28H,2-6,8-10,12-24H2,1H3,(H,30,34). The van der Waals surface area contributed by atoms with Gasteiger partial charge in [0.1, 0.15) is 18.5 Å². The summed E-state index contributed by atoms with van der Waals surface area (Å²) in [6.07, 6.45) is 7.05. The normalized spacial score (nSPS) is 15.1. The maximum absolute atomic E-state index is 12.0. The Morgan fingerprint density at radius 3 is 2.08 bits per heavy atom. The van der Waals surface area contributed by atoms with E-state index in [-0.39, 0.29) is 68.4 Å². The van der Waals surface area contributed by atoms with Gasteiger partial charge in [-0.3, -0.25) is 19.2 Å². The first kappa shape index (κ1) is 34.9. The minimum atomic E-state index is -0.294. The second-order valence-electron chi connectivity index (χ2n) is 9.27. The van der Waals surface area contributed by atoms with Gasteiger partial charge in [0.25, 0.3) is 0 Å². The van der Waals surface area contributed by atoms with Crippen molar-refractivity contribution in [2.24, 2.45) is 0 Å². The Labute approximate surface area is 233 Å². The second kappa shape index (κ2) is 24.9. The van der Waals surface area contributed by atoms with Gasteiger partial charge < -0.3 is 29.0 Å². The van der Waals surface area contributed by atoms with Crippen LogP contribution in [0, 0.1) is 11.8 Å². The molecule has 1 rings (SSSR count). The number of ether oxygens (including phenoxy) is 5. The Kier molecular flexibility index (Phi) is 22.2. The van der Waals surface area contributed by atoms with Crippen LogP contribution in [0.3, 0.4) is 0 Å². The molecule has 1 aliphatic carbocycles. The van der Waals surface area contributed by atoms with Crippen molar-refractivity contribution in [1.29, 1.82) is 0 Å². The van der Waals surface area contributed by atoms with Crippen molar-refractivity contribution in [3.05, 3.63) is 0 Å². The summed E-state index contributed by atoms with van der Waals surface area (Å²) in [5, 5.41) is 2.50. The molecule has 39 heavy (non-hydrogen) atoms. The Balaban J connectivity index is 1.80. The van der Waals surface area contributed by atoms with Crippen LogP contribution in [0.5, 0.6) is 0 Å². The van der Waals surface area contributed by atoms with E-state index < -0.39 is 0 Å². The molecule has 10 nitrogen and oxygen atoms in total. The van der Waals surface area contributed by atoms with E-state index in [2.05, 4.69) is 17.2 Å². The monoisotopic (exact) mass is 553 g/mol. The highest BCUT2D eigenvalue weighted by Gasteiger charge is 2.11. The number of nitrogens with one attached hydrogen (secondary N) is 1. The molecule has 0 aromatic heterocycles. The van der Waals surface area contributed by atoms with Crippen LogP contribution in [0.4, 0.5) is 0 Å². The average molecular weight is 554 g/mol. The van der Waals surface area contributed by atoms with Gasteiger partial charge in [-0.1, -0.05) is 19.3 Å². The predicted molar refractivity (Wildman–Crippen MR) is 145 cm³/mol. The number of hydrogen-bond acceptors (Lipinski definition) is 9. The van der Waals surface area contributed by atoms with Gasteiger partial charge in [-0.2, -0.15) is 0 Å². The van der Waals surface area contributed by atoms with Crippen molar-refractivity contribution in [2.45, 2.75) is 83.7 Å². The van der Waals surface area contributed by atoms with Gasteiger partial charge in [0, 0.05) is 45.1 Å². The first-order chi connectivity index (χ1) is 19.0. The molecular weight excluding hydrogens is 506 g/mol. The highest BCUT2D eigenvalue weighted by molar-refractivity contribution is 5.88. The van der Waals surface area contributed by atoms with Gasteiger partial charge in [-0.25, -0.2) is 0 Å². The molecule has 0 saturated carbocycles. The molecule has 0 fully saturated rings. The molecule has 10 heteroatoms. The lowest BCUT2D eigenvalue weighted by molar-refractivity contribution is -0.127. The SMILES string of the molecule is CCC(=O)CNC(=O)CCC(=O)CCOCCOCCOCCOCCCC(=O)COC1C#CCCCCC1. The molecule has 0 heterocycles. The van der Waals surface area contributed by atoms with E-state index in [4.69, 9.17) is 23.7 Å². The summed E-state index contributed by atoms with van der Waals surface area (Å²) in [6.45, 7) is 5.19. The summed E-state index contributed by atoms with van der Waals surface area (Å²) in [5.74, 6) is 5.91. The van der Waals surface area contributed by atoms with Crippen LogP contribution in [-0.2, 0) is 42.9 Å². The molecule has 0 aromatic carbocycles. The van der Waals surface area contributed by atoms with E-state index in [0.717, 1.165) is 25.7 Å². The van der Waals surface area contributed by atoms with Gasteiger partial charge in [-0.05, 0) is 25.7 Å². The molecule has 1 aliphatic rings. The molecule has 0 saturated heterocycles. The van der Waals surface area contributed by atoms with Crippen LogP contribution >= 0.6 is 0 Å². The van der Waals surface area contributed by atoms with Crippen LogP contribution in [-0.4, -0.2) is 95.4 Å². The lowest BCUT2D eigenvalue weighted by Crippen LogP contribution is -2.29. The van der Waals surface area contributed by atoms with E-state index >= 15 is 0 Å². The lowest BCUT2D eigenvalue weighted by atomic mass is 10.1. The fourth-order valence-corrected chi connectivity index (χ4v) is 3.48. The molecule has 0 aliphatic heterocycles. The fraction of sp³-hybridized carbons (Fsp3) is 0.793. The molecule has 0 bridgehead atoms. The summed E-state index contributed by atoms with van der Waals surface area (Å²) in [7, 11) is 0. The zero-order valence-corrected chi connectivity index (χ0v) is 23.6. The number of hydrogen-bond donors (Lipinski definition) is 1. The van der Waals surface area contributed by atoms with E-state index in [0.29, 0.717) is 65.5 Å². The molecule has 0 aromatic rings. The van der Waals surface area contributed by atoms with E-state index in [9.17, 15) is 19.2 Å². The van der Waals surface area contributed by atoms with Crippen molar-refractivity contribution in [1.82, 2.24) is 5.32 Å². The topological polar surface area (TPSA) is 126 Å². The minimum Gasteiger partial charge on any atom is -0.379 e. The maximum atomic E-state index is 12.0. The molecule has 1 atom stereocenters. The molecular formula is C29H47NO9. The Bertz CT molecular complexity index is 760. The Morgan fingerprint density at radius 2 is 1.38 bits per heavy atom. The molecule has 1 N–H and O–H groups in total. The average Bonchev–Trinajstić information content (AvgIpc) is 2.91. The van der Waals surface area contributed by atoms with E-state index in [1.165, 1.54) is 6.42 Å². The van der Waals surface area contributed by atoms with Crippen molar-refractivity contribution < 1.29 is 42.9 Å². The van der Waals surface area contributed by atoms with E-state index in [1.807, 2.05) is 0 Å². The number of Topliss-reactive ketones (excluding diaryl/α,β-unsaturated/α-hetero) is 3. The number of amides is 1. The van der Waals surface area contributed by atoms with Crippen LogP contribution in [0.2, 0.25) is 0 Å². The van der Waals surface area contributed by atoms with Crippen LogP contribution in [0.25, 0.3) is 0 Å². The first-order valence-electron chi connectivity index (χ1n) is 14.2. The number of carbonyl (C=O) groups excluding carboxylic acids is 4. The Hall–Kier alpha value is -2.16. The van der Waals surface area contributed by atoms with Crippen molar-refractivity contribution in [3.8, 4) is 11.8 Å². The first-order valence-corrected chi connectivity index (χ1v) is 14.2.